The molecular formula is C25H19FN2OSe. The molecule has 4 aromatic rings. The van der Waals surface area contributed by atoms with Crippen LogP contribution >= 0.6 is 0 Å². The number of nitrogens with zero attached hydrogens (tertiary/aromatic N) is 1. The number of anilines is 1. The van der Waals surface area contributed by atoms with E-state index in [0.29, 0.717) is 15.8 Å². The zero-order valence-corrected chi connectivity index (χ0v) is 18.0. The summed E-state index contributed by atoms with van der Waals surface area (Å²) in [7, 11) is 0. The third kappa shape index (κ3) is 4.48. The number of halogens is 1. The van der Waals surface area contributed by atoms with E-state index in [1.54, 1.807) is 30.5 Å². The number of carbonyl (C=O) groups is 1. The summed E-state index contributed by atoms with van der Waals surface area (Å²) < 4.78 is 16.0. The van der Waals surface area contributed by atoms with Gasteiger partial charge in [-0.05, 0) is 0 Å². The average molecular weight is 461 g/mol. The minimum absolute atomic E-state index is 0.194. The molecular weight excluding hydrogens is 442 g/mol. The molecule has 0 saturated carbocycles. The van der Waals surface area contributed by atoms with E-state index in [1.807, 2.05) is 49.4 Å². The molecule has 1 N–H and O–H groups in total. The zero-order valence-electron chi connectivity index (χ0n) is 16.3. The van der Waals surface area contributed by atoms with E-state index in [-0.39, 0.29) is 26.7 Å². The number of nitrogens with one attached hydrogen (secondary N) is 1. The fourth-order valence-electron chi connectivity index (χ4n) is 3.10. The number of aryl methyl sites for hydroxylation is 1. The molecule has 3 aromatic carbocycles. The summed E-state index contributed by atoms with van der Waals surface area (Å²) in [6, 6.07) is 26.0. The number of pyridine rings is 1. The zero-order chi connectivity index (χ0) is 20.9. The van der Waals surface area contributed by atoms with E-state index in [0.717, 1.165) is 21.2 Å². The molecule has 148 valence electrons. The van der Waals surface area contributed by atoms with Crippen LogP contribution < -0.4 is 14.2 Å². The van der Waals surface area contributed by atoms with Gasteiger partial charge in [0.25, 0.3) is 0 Å². The summed E-state index contributed by atoms with van der Waals surface area (Å²) in [4.78, 5) is 16.8. The Balaban J connectivity index is 1.73. The number of rotatable bonds is 5. The van der Waals surface area contributed by atoms with Gasteiger partial charge in [0.1, 0.15) is 0 Å². The Labute approximate surface area is 181 Å². The first kappa shape index (κ1) is 20.0. The average Bonchev–Trinajstić information content (AvgIpc) is 2.77. The predicted octanol–water partition coefficient (Wildman–Crippen LogP) is 4.10. The maximum atomic E-state index is 14.3. The normalized spacial score (nSPS) is 10.6. The number of hydrogen-bond donors (Lipinski definition) is 1. The summed E-state index contributed by atoms with van der Waals surface area (Å²) in [5.41, 5.74) is 4.05. The van der Waals surface area contributed by atoms with Crippen molar-refractivity contribution < 1.29 is 9.18 Å². The summed E-state index contributed by atoms with van der Waals surface area (Å²) in [5, 5.41) is 2.98. The van der Waals surface area contributed by atoms with Crippen molar-refractivity contribution in [3.05, 3.63) is 108 Å². The van der Waals surface area contributed by atoms with E-state index >= 15 is 0 Å². The summed E-state index contributed by atoms with van der Waals surface area (Å²) in [6.45, 7) is 2.03. The number of benzene rings is 3. The van der Waals surface area contributed by atoms with Crippen LogP contribution in [0.1, 0.15) is 16.1 Å². The molecule has 0 fully saturated rings. The fourth-order valence-corrected chi connectivity index (χ4v) is 5.12. The second kappa shape index (κ2) is 9.04. The Morgan fingerprint density at radius 1 is 0.867 bits per heavy atom. The second-order valence-electron chi connectivity index (χ2n) is 6.75. The van der Waals surface area contributed by atoms with Crippen molar-refractivity contribution in [3.63, 3.8) is 0 Å². The van der Waals surface area contributed by atoms with Crippen LogP contribution in [0.5, 0.6) is 0 Å². The van der Waals surface area contributed by atoms with Crippen molar-refractivity contribution in [3.8, 4) is 11.1 Å². The summed E-state index contributed by atoms with van der Waals surface area (Å²) in [6.07, 6.45) is 1.59. The van der Waals surface area contributed by atoms with E-state index in [4.69, 9.17) is 0 Å². The SMILES string of the molecule is Cc1ccc([Se]c2ccccc2F)c(-c2ccccc2NC(=O)c2ccccn2)c1. The van der Waals surface area contributed by atoms with Gasteiger partial charge in [0.05, 0.1) is 0 Å². The topological polar surface area (TPSA) is 42.0 Å². The molecule has 0 atom stereocenters. The molecule has 0 spiro atoms. The number of hydrogen-bond acceptors (Lipinski definition) is 2. The van der Waals surface area contributed by atoms with Gasteiger partial charge < -0.3 is 0 Å². The van der Waals surface area contributed by atoms with E-state index < -0.39 is 0 Å². The van der Waals surface area contributed by atoms with Crippen LogP contribution in [0.25, 0.3) is 11.1 Å². The van der Waals surface area contributed by atoms with Gasteiger partial charge in [0, 0.05) is 0 Å². The molecule has 0 radical (unpaired) electrons. The first-order valence-corrected chi connectivity index (χ1v) is 11.2. The molecule has 4 rings (SSSR count). The molecule has 5 heteroatoms. The van der Waals surface area contributed by atoms with Crippen LogP contribution in [0.15, 0.2) is 91.1 Å². The van der Waals surface area contributed by atoms with Crippen LogP contribution in [-0.2, 0) is 0 Å². The molecule has 0 saturated heterocycles. The number of para-hydroxylation sites is 1. The molecule has 0 bridgehead atoms. The predicted molar refractivity (Wildman–Crippen MR) is 120 cm³/mol. The minimum atomic E-state index is -0.267. The molecule has 1 amide bonds. The monoisotopic (exact) mass is 462 g/mol. The second-order valence-corrected chi connectivity index (χ2v) is 9.02. The number of carbonyl (C=O) groups excluding carboxylic acids is 1. The Kier molecular flexibility index (Phi) is 6.03. The van der Waals surface area contributed by atoms with Crippen molar-refractivity contribution in [2.45, 2.75) is 6.92 Å². The molecule has 3 nitrogen and oxygen atoms in total. The van der Waals surface area contributed by atoms with Gasteiger partial charge in [-0.3, -0.25) is 0 Å². The van der Waals surface area contributed by atoms with Gasteiger partial charge in [-0.15, -0.1) is 0 Å². The molecule has 1 aromatic heterocycles. The quantitative estimate of drug-likeness (QED) is 0.455. The first-order chi connectivity index (χ1) is 14.6. The molecule has 0 aliphatic heterocycles. The summed E-state index contributed by atoms with van der Waals surface area (Å²) >= 11 is -0.216. The van der Waals surface area contributed by atoms with Gasteiger partial charge in [-0.25, -0.2) is 0 Å². The van der Waals surface area contributed by atoms with Crippen LogP contribution in [0.3, 0.4) is 0 Å². The molecule has 0 unspecified atom stereocenters. The van der Waals surface area contributed by atoms with E-state index in [9.17, 15) is 9.18 Å². The van der Waals surface area contributed by atoms with Crippen molar-refractivity contribution in [1.29, 1.82) is 0 Å². The van der Waals surface area contributed by atoms with Gasteiger partial charge in [0.2, 0.25) is 0 Å². The Morgan fingerprint density at radius 2 is 1.63 bits per heavy atom. The van der Waals surface area contributed by atoms with Gasteiger partial charge in [-0.1, -0.05) is 0 Å². The fraction of sp³-hybridized carbons (Fsp3) is 0.0400. The maximum absolute atomic E-state index is 14.3. The van der Waals surface area contributed by atoms with Gasteiger partial charge in [0.15, 0.2) is 0 Å². The molecule has 1 heterocycles. The van der Waals surface area contributed by atoms with Crippen molar-refractivity contribution in [2.24, 2.45) is 0 Å². The van der Waals surface area contributed by atoms with Crippen LogP contribution in [0.4, 0.5) is 10.1 Å². The van der Waals surface area contributed by atoms with Crippen LogP contribution in [0, 0.1) is 12.7 Å². The molecule has 30 heavy (non-hydrogen) atoms. The van der Waals surface area contributed by atoms with E-state index in [2.05, 4.69) is 22.4 Å². The first-order valence-electron chi connectivity index (χ1n) is 9.46. The van der Waals surface area contributed by atoms with Gasteiger partial charge in [-0.2, -0.15) is 0 Å². The number of amides is 1. The van der Waals surface area contributed by atoms with Crippen molar-refractivity contribution >= 4 is 35.5 Å². The number of aromatic nitrogens is 1. The standard InChI is InChI=1S/C25H19FN2OSe/c1-17-13-14-23(30-24-12-5-3-9-20(24)26)19(16-17)18-8-2-4-10-21(18)28-25(29)22-11-6-7-15-27-22/h2-16H,1H3,(H,28,29). The third-order valence-corrected chi connectivity index (χ3v) is 6.92. The van der Waals surface area contributed by atoms with Crippen molar-refractivity contribution in [1.82, 2.24) is 4.98 Å². The molecule has 0 aliphatic rings. The third-order valence-electron chi connectivity index (χ3n) is 4.55. The Hall–Kier alpha value is -3.27. The summed E-state index contributed by atoms with van der Waals surface area (Å²) in [5.74, 6) is -0.461. The van der Waals surface area contributed by atoms with Crippen LogP contribution in [0.2, 0.25) is 0 Å². The molecule has 0 aliphatic carbocycles. The van der Waals surface area contributed by atoms with Crippen LogP contribution in [-0.4, -0.2) is 25.8 Å². The van der Waals surface area contributed by atoms with E-state index in [1.165, 1.54) is 6.07 Å². The van der Waals surface area contributed by atoms with Gasteiger partial charge >= 0.3 is 181 Å². The van der Waals surface area contributed by atoms with Crippen molar-refractivity contribution in [2.75, 3.05) is 5.32 Å². The Bertz CT molecular complexity index is 1190. The Morgan fingerprint density at radius 3 is 2.43 bits per heavy atom.